The van der Waals surface area contributed by atoms with Crippen molar-refractivity contribution in [3.63, 3.8) is 0 Å². The second-order valence-corrected chi connectivity index (χ2v) is 3.76. The number of hydrogen-bond acceptors (Lipinski definition) is 2. The van der Waals surface area contributed by atoms with E-state index in [-0.39, 0.29) is 18.8 Å². The number of alkyl halides is 4. The standard InChI is InChI=1S/C11H12F4N2O.ClH/c12-10(13)11(14,15)6-17-9(18)5-7-1-3-8(16)4-2-7;/h1-4,10H,5-6,16H2,(H,17,18);1H. The van der Waals surface area contributed by atoms with Gasteiger partial charge in [0.2, 0.25) is 5.91 Å². The minimum atomic E-state index is -4.21. The Bertz CT molecular complexity index is 412. The van der Waals surface area contributed by atoms with Gasteiger partial charge in [0, 0.05) is 5.69 Å². The summed E-state index contributed by atoms with van der Waals surface area (Å²) in [4.78, 5) is 11.2. The summed E-state index contributed by atoms with van der Waals surface area (Å²) < 4.78 is 48.7. The number of halogens is 5. The van der Waals surface area contributed by atoms with Gasteiger partial charge in [-0.2, -0.15) is 8.78 Å². The van der Waals surface area contributed by atoms with Gasteiger partial charge >= 0.3 is 12.3 Å². The molecule has 3 nitrogen and oxygen atoms in total. The van der Waals surface area contributed by atoms with Crippen molar-refractivity contribution in [2.24, 2.45) is 0 Å². The Morgan fingerprint density at radius 1 is 1.26 bits per heavy atom. The smallest absolute Gasteiger partial charge is 0.324 e. The Hall–Kier alpha value is -1.50. The Kier molecular flexibility index (Phi) is 6.61. The van der Waals surface area contributed by atoms with Crippen LogP contribution >= 0.6 is 12.4 Å². The second-order valence-electron chi connectivity index (χ2n) is 3.76. The number of anilines is 1. The Morgan fingerprint density at radius 3 is 2.26 bits per heavy atom. The minimum absolute atomic E-state index is 0. The normalized spacial score (nSPS) is 11.0. The van der Waals surface area contributed by atoms with Crippen molar-refractivity contribution >= 4 is 24.0 Å². The van der Waals surface area contributed by atoms with Crippen LogP contribution in [0.5, 0.6) is 0 Å². The zero-order valence-electron chi connectivity index (χ0n) is 9.71. The maximum Gasteiger partial charge on any atom is 0.324 e. The van der Waals surface area contributed by atoms with Crippen LogP contribution in [0.15, 0.2) is 24.3 Å². The van der Waals surface area contributed by atoms with Crippen molar-refractivity contribution in [1.29, 1.82) is 0 Å². The molecular formula is C11H13ClF4N2O. The van der Waals surface area contributed by atoms with E-state index in [1.807, 2.05) is 0 Å². The lowest BCUT2D eigenvalue weighted by molar-refractivity contribution is -0.136. The molecule has 1 aromatic carbocycles. The topological polar surface area (TPSA) is 55.1 Å². The van der Waals surface area contributed by atoms with E-state index in [9.17, 15) is 22.4 Å². The molecular weight excluding hydrogens is 288 g/mol. The number of nitrogens with one attached hydrogen (secondary N) is 1. The van der Waals surface area contributed by atoms with Crippen LogP contribution in [-0.4, -0.2) is 24.8 Å². The van der Waals surface area contributed by atoms with Gasteiger partial charge in [0.15, 0.2) is 0 Å². The van der Waals surface area contributed by atoms with Crippen LogP contribution < -0.4 is 11.1 Å². The molecule has 0 fully saturated rings. The largest absolute Gasteiger partial charge is 0.399 e. The molecule has 0 saturated heterocycles. The van der Waals surface area contributed by atoms with Gasteiger partial charge in [0.25, 0.3) is 0 Å². The monoisotopic (exact) mass is 300 g/mol. The number of nitrogens with two attached hydrogens (primary N) is 1. The first kappa shape index (κ1) is 17.5. The number of amides is 1. The van der Waals surface area contributed by atoms with E-state index >= 15 is 0 Å². The molecule has 1 aromatic rings. The first-order chi connectivity index (χ1) is 8.31. The molecule has 0 spiro atoms. The molecule has 0 saturated carbocycles. The number of benzene rings is 1. The molecule has 0 aliphatic heterocycles. The fourth-order valence-corrected chi connectivity index (χ4v) is 1.18. The summed E-state index contributed by atoms with van der Waals surface area (Å²) in [5.74, 6) is -4.96. The van der Waals surface area contributed by atoms with E-state index in [0.29, 0.717) is 11.3 Å². The lowest BCUT2D eigenvalue weighted by Gasteiger charge is -2.15. The molecule has 0 heterocycles. The molecule has 108 valence electrons. The third kappa shape index (κ3) is 5.78. The van der Waals surface area contributed by atoms with E-state index in [2.05, 4.69) is 0 Å². The Balaban J connectivity index is 0.00000324. The average Bonchev–Trinajstić information content (AvgIpc) is 2.29. The van der Waals surface area contributed by atoms with Crippen LogP contribution in [0.3, 0.4) is 0 Å². The van der Waals surface area contributed by atoms with Gasteiger partial charge < -0.3 is 11.1 Å². The first-order valence-corrected chi connectivity index (χ1v) is 5.08. The zero-order valence-corrected chi connectivity index (χ0v) is 10.5. The molecule has 0 atom stereocenters. The fourth-order valence-electron chi connectivity index (χ4n) is 1.18. The predicted molar refractivity (Wildman–Crippen MR) is 65.8 cm³/mol. The molecule has 1 rings (SSSR count). The highest BCUT2D eigenvalue weighted by Crippen LogP contribution is 2.21. The van der Waals surface area contributed by atoms with Crippen LogP contribution in [0.25, 0.3) is 0 Å². The maximum atomic E-state index is 12.5. The molecule has 0 radical (unpaired) electrons. The van der Waals surface area contributed by atoms with Crippen molar-refractivity contribution < 1.29 is 22.4 Å². The predicted octanol–water partition coefficient (Wildman–Crippen LogP) is 2.25. The average molecular weight is 301 g/mol. The SMILES string of the molecule is Cl.Nc1ccc(CC(=O)NCC(F)(F)C(F)F)cc1. The van der Waals surface area contributed by atoms with Crippen LogP contribution in [0.2, 0.25) is 0 Å². The molecule has 0 aliphatic carbocycles. The lowest BCUT2D eigenvalue weighted by atomic mass is 10.1. The number of rotatable bonds is 5. The molecule has 0 aliphatic rings. The number of nitrogen functional groups attached to an aromatic ring is 1. The molecule has 0 bridgehead atoms. The van der Waals surface area contributed by atoms with E-state index in [0.717, 1.165) is 0 Å². The van der Waals surface area contributed by atoms with Gasteiger partial charge in [-0.05, 0) is 17.7 Å². The molecule has 0 aromatic heterocycles. The first-order valence-electron chi connectivity index (χ1n) is 5.08. The van der Waals surface area contributed by atoms with Gasteiger partial charge in [-0.3, -0.25) is 4.79 Å². The maximum absolute atomic E-state index is 12.5. The number of hydrogen-bond donors (Lipinski definition) is 2. The summed E-state index contributed by atoms with van der Waals surface area (Å²) in [6.45, 7) is -1.38. The van der Waals surface area contributed by atoms with Gasteiger partial charge in [-0.25, -0.2) is 8.78 Å². The number of carbonyl (C=O) groups is 1. The van der Waals surface area contributed by atoms with E-state index < -0.39 is 24.8 Å². The molecule has 19 heavy (non-hydrogen) atoms. The fraction of sp³-hybridized carbons (Fsp3) is 0.364. The zero-order chi connectivity index (χ0) is 13.8. The molecule has 0 unspecified atom stereocenters. The molecule has 1 amide bonds. The highest BCUT2D eigenvalue weighted by Gasteiger charge is 2.40. The molecule has 3 N–H and O–H groups in total. The van der Waals surface area contributed by atoms with Crippen LogP contribution in [-0.2, 0) is 11.2 Å². The lowest BCUT2D eigenvalue weighted by Crippen LogP contribution is -2.41. The van der Waals surface area contributed by atoms with E-state index in [4.69, 9.17) is 5.73 Å². The summed E-state index contributed by atoms with van der Waals surface area (Å²) in [6.07, 6.45) is -3.96. The van der Waals surface area contributed by atoms with E-state index in [1.54, 1.807) is 29.6 Å². The summed E-state index contributed by atoms with van der Waals surface area (Å²) >= 11 is 0. The van der Waals surface area contributed by atoms with Crippen molar-refractivity contribution in [2.45, 2.75) is 18.8 Å². The van der Waals surface area contributed by atoms with Crippen LogP contribution in [0.4, 0.5) is 23.2 Å². The molecule has 8 heteroatoms. The van der Waals surface area contributed by atoms with E-state index in [1.165, 1.54) is 0 Å². The van der Waals surface area contributed by atoms with Crippen LogP contribution in [0, 0.1) is 0 Å². The minimum Gasteiger partial charge on any atom is -0.399 e. The quantitative estimate of drug-likeness (QED) is 0.647. The highest BCUT2D eigenvalue weighted by atomic mass is 35.5. The van der Waals surface area contributed by atoms with Gasteiger partial charge in [-0.15, -0.1) is 12.4 Å². The van der Waals surface area contributed by atoms with Gasteiger partial charge in [0.05, 0.1) is 13.0 Å². The third-order valence-corrected chi connectivity index (χ3v) is 2.18. The Labute approximate surface area is 113 Å². The van der Waals surface area contributed by atoms with Crippen LogP contribution in [0.1, 0.15) is 5.56 Å². The van der Waals surface area contributed by atoms with Gasteiger partial charge in [0.1, 0.15) is 0 Å². The van der Waals surface area contributed by atoms with Gasteiger partial charge in [-0.1, -0.05) is 12.1 Å². The third-order valence-electron chi connectivity index (χ3n) is 2.18. The van der Waals surface area contributed by atoms with Crippen molar-refractivity contribution in [1.82, 2.24) is 5.32 Å². The highest BCUT2D eigenvalue weighted by molar-refractivity contribution is 5.85. The number of carbonyl (C=O) groups excluding carboxylic acids is 1. The van der Waals surface area contributed by atoms with Crippen molar-refractivity contribution in [3.05, 3.63) is 29.8 Å². The Morgan fingerprint density at radius 2 is 1.79 bits per heavy atom. The summed E-state index contributed by atoms with van der Waals surface area (Å²) in [5, 5.41) is 1.77. The van der Waals surface area contributed by atoms with Crippen molar-refractivity contribution in [2.75, 3.05) is 12.3 Å². The second kappa shape index (κ2) is 7.18. The summed E-state index contributed by atoms with van der Waals surface area (Å²) in [6, 6.07) is 6.22. The summed E-state index contributed by atoms with van der Waals surface area (Å²) in [5.41, 5.74) is 6.48. The summed E-state index contributed by atoms with van der Waals surface area (Å²) in [7, 11) is 0. The van der Waals surface area contributed by atoms with Crippen molar-refractivity contribution in [3.8, 4) is 0 Å².